The number of fused-ring (bicyclic) bond motifs is 1. The SMILES string of the molecule is CNc1ncc(-c2ccc(-c3cn[nH]c3)c3ncsc23)nn1. The summed E-state index contributed by atoms with van der Waals surface area (Å²) in [6.07, 6.45) is 5.36. The van der Waals surface area contributed by atoms with Crippen LogP contribution in [0, 0.1) is 0 Å². The highest BCUT2D eigenvalue weighted by molar-refractivity contribution is 7.17. The van der Waals surface area contributed by atoms with Crippen LogP contribution < -0.4 is 5.32 Å². The highest BCUT2D eigenvalue weighted by Gasteiger charge is 2.14. The van der Waals surface area contributed by atoms with Crippen LogP contribution in [-0.4, -0.2) is 37.4 Å². The Morgan fingerprint density at radius 1 is 1.09 bits per heavy atom. The molecule has 0 aliphatic heterocycles. The lowest BCUT2D eigenvalue weighted by Crippen LogP contribution is -1.99. The first-order chi connectivity index (χ1) is 10.9. The Bertz CT molecular complexity index is 912. The van der Waals surface area contributed by atoms with Crippen molar-refractivity contribution in [1.82, 2.24) is 30.4 Å². The van der Waals surface area contributed by atoms with Gasteiger partial charge < -0.3 is 5.32 Å². The van der Waals surface area contributed by atoms with Crippen LogP contribution in [0.1, 0.15) is 0 Å². The second-order valence-corrected chi connectivity index (χ2v) is 5.45. The number of aromatic amines is 1. The molecule has 0 aliphatic carbocycles. The largest absolute Gasteiger partial charge is 0.356 e. The number of hydrogen-bond acceptors (Lipinski definition) is 7. The molecule has 0 radical (unpaired) electrons. The lowest BCUT2D eigenvalue weighted by Gasteiger charge is -2.05. The molecule has 0 unspecified atom stereocenters. The maximum atomic E-state index is 4.49. The summed E-state index contributed by atoms with van der Waals surface area (Å²) in [5.41, 5.74) is 6.53. The zero-order valence-corrected chi connectivity index (χ0v) is 12.4. The highest BCUT2D eigenvalue weighted by atomic mass is 32.1. The van der Waals surface area contributed by atoms with Crippen LogP contribution in [0.5, 0.6) is 0 Å². The molecule has 8 heteroatoms. The van der Waals surface area contributed by atoms with Gasteiger partial charge in [0.1, 0.15) is 5.69 Å². The average molecular weight is 309 g/mol. The first-order valence-corrected chi connectivity index (χ1v) is 7.48. The number of benzene rings is 1. The second kappa shape index (κ2) is 5.15. The number of anilines is 1. The number of rotatable bonds is 3. The quantitative estimate of drug-likeness (QED) is 0.604. The molecule has 0 amide bonds. The Kier molecular flexibility index (Phi) is 3.01. The van der Waals surface area contributed by atoms with Gasteiger partial charge in [-0.1, -0.05) is 12.1 Å². The predicted octanol–water partition coefficient (Wildman–Crippen LogP) is 2.58. The van der Waals surface area contributed by atoms with Crippen molar-refractivity contribution >= 4 is 27.5 Å². The van der Waals surface area contributed by atoms with Crippen molar-refractivity contribution in [2.45, 2.75) is 0 Å². The van der Waals surface area contributed by atoms with Crippen LogP contribution in [0.4, 0.5) is 5.95 Å². The first kappa shape index (κ1) is 12.8. The third-order valence-electron chi connectivity index (χ3n) is 3.35. The van der Waals surface area contributed by atoms with Crippen molar-refractivity contribution in [2.24, 2.45) is 0 Å². The molecule has 22 heavy (non-hydrogen) atoms. The van der Waals surface area contributed by atoms with Gasteiger partial charge in [-0.2, -0.15) is 5.10 Å². The van der Waals surface area contributed by atoms with E-state index in [0.29, 0.717) is 5.95 Å². The first-order valence-electron chi connectivity index (χ1n) is 6.60. The van der Waals surface area contributed by atoms with E-state index in [4.69, 9.17) is 0 Å². The van der Waals surface area contributed by atoms with Crippen molar-refractivity contribution in [1.29, 1.82) is 0 Å². The highest BCUT2D eigenvalue weighted by Crippen LogP contribution is 2.35. The Morgan fingerprint density at radius 2 is 2.00 bits per heavy atom. The topological polar surface area (TPSA) is 92.3 Å². The van der Waals surface area contributed by atoms with Gasteiger partial charge >= 0.3 is 0 Å². The summed E-state index contributed by atoms with van der Waals surface area (Å²) in [6.45, 7) is 0. The van der Waals surface area contributed by atoms with E-state index in [1.165, 1.54) is 0 Å². The number of hydrogen-bond donors (Lipinski definition) is 2. The van der Waals surface area contributed by atoms with Gasteiger partial charge in [0.05, 0.1) is 28.1 Å². The van der Waals surface area contributed by atoms with Gasteiger partial charge in [-0.15, -0.1) is 21.5 Å². The van der Waals surface area contributed by atoms with E-state index in [1.807, 2.05) is 23.8 Å². The number of nitrogens with zero attached hydrogens (tertiary/aromatic N) is 5. The summed E-state index contributed by atoms with van der Waals surface area (Å²) >= 11 is 1.58. The van der Waals surface area contributed by atoms with E-state index in [9.17, 15) is 0 Å². The molecule has 3 heterocycles. The summed E-state index contributed by atoms with van der Waals surface area (Å²) in [5, 5.41) is 18.0. The van der Waals surface area contributed by atoms with E-state index in [2.05, 4.69) is 35.7 Å². The summed E-state index contributed by atoms with van der Waals surface area (Å²) in [4.78, 5) is 8.71. The van der Waals surface area contributed by atoms with Crippen molar-refractivity contribution in [3.05, 3.63) is 36.2 Å². The number of thiazole rings is 1. The maximum absolute atomic E-state index is 4.49. The Hall–Kier alpha value is -2.87. The minimum Gasteiger partial charge on any atom is -0.356 e. The maximum Gasteiger partial charge on any atom is 0.242 e. The van der Waals surface area contributed by atoms with E-state index < -0.39 is 0 Å². The zero-order chi connectivity index (χ0) is 14.9. The average Bonchev–Trinajstić information content (AvgIpc) is 3.25. The molecule has 0 spiro atoms. The molecule has 0 aliphatic rings. The van der Waals surface area contributed by atoms with Crippen LogP contribution in [0.3, 0.4) is 0 Å². The van der Waals surface area contributed by atoms with Crippen molar-refractivity contribution in [3.8, 4) is 22.4 Å². The molecular formula is C14H11N7S. The molecule has 1 aromatic carbocycles. The summed E-state index contributed by atoms with van der Waals surface area (Å²) in [7, 11) is 1.76. The normalized spacial score (nSPS) is 11.0. The molecule has 7 nitrogen and oxygen atoms in total. The monoisotopic (exact) mass is 309 g/mol. The van der Waals surface area contributed by atoms with Gasteiger partial charge in [0.25, 0.3) is 0 Å². The van der Waals surface area contributed by atoms with Crippen molar-refractivity contribution in [3.63, 3.8) is 0 Å². The fourth-order valence-electron chi connectivity index (χ4n) is 2.30. The molecule has 108 valence electrons. The van der Waals surface area contributed by atoms with Crippen LogP contribution in [0.15, 0.2) is 36.2 Å². The van der Waals surface area contributed by atoms with E-state index >= 15 is 0 Å². The Balaban J connectivity index is 1.89. The van der Waals surface area contributed by atoms with Gasteiger partial charge in [0.2, 0.25) is 5.95 Å². The minimum atomic E-state index is 0.499. The number of nitrogens with one attached hydrogen (secondary N) is 2. The van der Waals surface area contributed by atoms with Crippen LogP contribution in [-0.2, 0) is 0 Å². The molecule has 0 saturated heterocycles. The van der Waals surface area contributed by atoms with E-state index in [0.717, 1.165) is 32.6 Å². The molecule has 4 rings (SSSR count). The Morgan fingerprint density at radius 3 is 2.73 bits per heavy atom. The Labute approximate surface area is 129 Å². The third kappa shape index (κ3) is 2.01. The third-order valence-corrected chi connectivity index (χ3v) is 4.21. The van der Waals surface area contributed by atoms with Crippen molar-refractivity contribution in [2.75, 3.05) is 12.4 Å². The summed E-state index contributed by atoms with van der Waals surface area (Å²) in [6, 6.07) is 4.05. The summed E-state index contributed by atoms with van der Waals surface area (Å²) in [5.74, 6) is 0.499. The summed E-state index contributed by atoms with van der Waals surface area (Å²) < 4.78 is 1.06. The second-order valence-electron chi connectivity index (χ2n) is 4.59. The smallest absolute Gasteiger partial charge is 0.242 e. The van der Waals surface area contributed by atoms with Gasteiger partial charge in [0, 0.05) is 29.9 Å². The molecule has 0 fully saturated rings. The predicted molar refractivity (Wildman–Crippen MR) is 85.6 cm³/mol. The molecule has 3 aromatic heterocycles. The van der Waals surface area contributed by atoms with Crippen LogP contribution in [0.2, 0.25) is 0 Å². The fourth-order valence-corrected chi connectivity index (χ4v) is 3.13. The van der Waals surface area contributed by atoms with E-state index in [-0.39, 0.29) is 0 Å². The molecule has 2 N–H and O–H groups in total. The standard InChI is InChI=1S/C14H11N7S/c1-15-14-16-6-11(20-21-14)10-3-2-9(8-4-18-19-5-8)12-13(10)22-7-17-12/h2-7H,1H3,(H,18,19)(H,15,16,21). The lowest BCUT2D eigenvalue weighted by molar-refractivity contribution is 0.981. The molecule has 0 atom stereocenters. The minimum absolute atomic E-state index is 0.499. The van der Waals surface area contributed by atoms with Crippen LogP contribution in [0.25, 0.3) is 32.6 Å². The van der Waals surface area contributed by atoms with Gasteiger partial charge in [-0.05, 0) is 0 Å². The number of aromatic nitrogens is 6. The zero-order valence-electron chi connectivity index (χ0n) is 11.6. The number of H-pyrrole nitrogens is 1. The molecule has 0 saturated carbocycles. The van der Waals surface area contributed by atoms with Gasteiger partial charge in [-0.25, -0.2) is 9.97 Å². The molecule has 4 aromatic rings. The van der Waals surface area contributed by atoms with Crippen LogP contribution >= 0.6 is 11.3 Å². The molecular weight excluding hydrogens is 298 g/mol. The van der Waals surface area contributed by atoms with Gasteiger partial charge in [0.15, 0.2) is 0 Å². The fraction of sp³-hybridized carbons (Fsp3) is 0.0714. The lowest BCUT2D eigenvalue weighted by atomic mass is 10.0. The van der Waals surface area contributed by atoms with E-state index in [1.54, 1.807) is 30.8 Å². The molecule has 0 bridgehead atoms. The van der Waals surface area contributed by atoms with Gasteiger partial charge in [-0.3, -0.25) is 5.10 Å². The van der Waals surface area contributed by atoms with Crippen molar-refractivity contribution < 1.29 is 0 Å².